The third kappa shape index (κ3) is 2.51. The van der Waals surface area contributed by atoms with Gasteiger partial charge in [0.15, 0.2) is 0 Å². The summed E-state index contributed by atoms with van der Waals surface area (Å²) in [4.78, 5) is 19.3. The van der Waals surface area contributed by atoms with Gasteiger partial charge in [-0.3, -0.25) is 4.79 Å². The normalized spacial score (nSPS) is 14.4. The largest absolute Gasteiger partial charge is 0.372 e. The molecule has 0 aliphatic rings. The molecule has 96 valence electrons. The monoisotopic (exact) mass is 247 g/mol. The molecule has 1 aromatic heterocycles. The third-order valence-electron chi connectivity index (χ3n) is 2.90. The Morgan fingerprint density at radius 2 is 2.11 bits per heavy atom. The van der Waals surface area contributed by atoms with Crippen LogP contribution in [0.2, 0.25) is 0 Å². The summed E-state index contributed by atoms with van der Waals surface area (Å²) < 4.78 is 4.96. The lowest BCUT2D eigenvalue weighted by molar-refractivity contribution is -0.130. The average molecular weight is 247 g/mol. The number of rotatable bonds is 4. The minimum Gasteiger partial charge on any atom is -0.372 e. The maximum Gasteiger partial charge on any atom is 0.249 e. The topological polar surface area (TPSA) is 67.0 Å². The predicted octanol–water partition coefficient (Wildman–Crippen LogP) is 1.78. The lowest BCUT2D eigenvalue weighted by atomic mass is 10.3. The minimum absolute atomic E-state index is 0.148. The van der Waals surface area contributed by atoms with Gasteiger partial charge in [-0.05, 0) is 26.0 Å². The molecule has 2 atom stereocenters. The number of ether oxygens (including phenoxy) is 1. The second-order valence-electron chi connectivity index (χ2n) is 4.25. The molecule has 5 nitrogen and oxygen atoms in total. The van der Waals surface area contributed by atoms with Crippen LogP contribution in [0.4, 0.5) is 0 Å². The Hall–Kier alpha value is -1.88. The molecule has 0 unspecified atom stereocenters. The van der Waals surface area contributed by atoms with Crippen molar-refractivity contribution in [2.45, 2.75) is 26.0 Å². The van der Waals surface area contributed by atoms with Gasteiger partial charge in [-0.25, -0.2) is 4.98 Å². The molecule has 2 N–H and O–H groups in total. The van der Waals surface area contributed by atoms with E-state index in [1.165, 1.54) is 7.11 Å². The van der Waals surface area contributed by atoms with Crippen molar-refractivity contribution in [1.29, 1.82) is 0 Å². The molecule has 0 aliphatic carbocycles. The highest BCUT2D eigenvalue weighted by Crippen LogP contribution is 2.15. The number of nitrogens with zero attached hydrogens (tertiary/aromatic N) is 1. The van der Waals surface area contributed by atoms with Crippen LogP contribution in [0.5, 0.6) is 0 Å². The zero-order valence-corrected chi connectivity index (χ0v) is 10.7. The lowest BCUT2D eigenvalue weighted by Crippen LogP contribution is -2.35. The predicted molar refractivity (Wildman–Crippen MR) is 69.1 cm³/mol. The molecule has 2 aromatic rings. The first-order valence-electron chi connectivity index (χ1n) is 5.89. The number of amides is 1. The van der Waals surface area contributed by atoms with E-state index >= 15 is 0 Å². The number of nitrogens with one attached hydrogen (secondary N) is 2. The molecular weight excluding hydrogens is 230 g/mol. The Labute approximate surface area is 106 Å². The number of aromatic amines is 1. The van der Waals surface area contributed by atoms with E-state index in [4.69, 9.17) is 4.74 Å². The minimum atomic E-state index is -0.461. The number of para-hydroxylation sites is 2. The summed E-state index contributed by atoms with van der Waals surface area (Å²) in [7, 11) is 1.51. The van der Waals surface area contributed by atoms with Crippen LogP contribution < -0.4 is 5.32 Å². The van der Waals surface area contributed by atoms with E-state index < -0.39 is 6.10 Å². The number of imidazole rings is 1. The zero-order chi connectivity index (χ0) is 13.1. The summed E-state index contributed by atoms with van der Waals surface area (Å²) >= 11 is 0. The fourth-order valence-corrected chi connectivity index (χ4v) is 1.68. The van der Waals surface area contributed by atoms with E-state index in [0.29, 0.717) is 0 Å². The second-order valence-corrected chi connectivity index (χ2v) is 4.25. The second kappa shape index (κ2) is 5.18. The van der Waals surface area contributed by atoms with Crippen molar-refractivity contribution < 1.29 is 9.53 Å². The number of H-pyrrole nitrogens is 1. The van der Waals surface area contributed by atoms with E-state index in [1.54, 1.807) is 6.92 Å². The van der Waals surface area contributed by atoms with E-state index in [0.717, 1.165) is 16.9 Å². The highest BCUT2D eigenvalue weighted by Gasteiger charge is 2.17. The SMILES string of the molecule is CO[C@H](C)C(=O)N[C@@H](C)c1nc2ccccc2[nH]1. The molecule has 0 saturated carbocycles. The standard InChI is InChI=1S/C13H17N3O2/c1-8(14-13(17)9(2)18-3)12-15-10-6-4-5-7-11(10)16-12/h4-9H,1-3H3,(H,14,17)(H,15,16)/t8-,9+/m0/s1. The van der Waals surface area contributed by atoms with Crippen molar-refractivity contribution >= 4 is 16.9 Å². The Morgan fingerprint density at radius 3 is 2.78 bits per heavy atom. The van der Waals surface area contributed by atoms with Crippen LogP contribution in [0.3, 0.4) is 0 Å². The van der Waals surface area contributed by atoms with Gasteiger partial charge < -0.3 is 15.0 Å². The number of aromatic nitrogens is 2. The first-order valence-corrected chi connectivity index (χ1v) is 5.89. The van der Waals surface area contributed by atoms with Gasteiger partial charge >= 0.3 is 0 Å². The van der Waals surface area contributed by atoms with Gasteiger partial charge in [0.2, 0.25) is 5.91 Å². The van der Waals surface area contributed by atoms with Crippen molar-refractivity contribution in [3.8, 4) is 0 Å². The number of methoxy groups -OCH3 is 1. The molecule has 1 aromatic carbocycles. The quantitative estimate of drug-likeness (QED) is 0.865. The smallest absolute Gasteiger partial charge is 0.249 e. The average Bonchev–Trinajstić information content (AvgIpc) is 2.81. The van der Waals surface area contributed by atoms with Crippen molar-refractivity contribution in [2.75, 3.05) is 7.11 Å². The third-order valence-corrected chi connectivity index (χ3v) is 2.90. The van der Waals surface area contributed by atoms with Gasteiger partial charge in [0.05, 0.1) is 17.1 Å². The Bertz CT molecular complexity index is 517. The first-order chi connectivity index (χ1) is 8.61. The Kier molecular flexibility index (Phi) is 3.62. The van der Waals surface area contributed by atoms with E-state index in [-0.39, 0.29) is 11.9 Å². The molecule has 2 rings (SSSR count). The van der Waals surface area contributed by atoms with E-state index in [2.05, 4.69) is 15.3 Å². The van der Waals surface area contributed by atoms with Crippen molar-refractivity contribution in [3.05, 3.63) is 30.1 Å². The van der Waals surface area contributed by atoms with Gasteiger partial charge in [-0.15, -0.1) is 0 Å². The van der Waals surface area contributed by atoms with Crippen LogP contribution in [-0.4, -0.2) is 29.1 Å². The number of fused-ring (bicyclic) bond motifs is 1. The van der Waals surface area contributed by atoms with Crippen LogP contribution in [0.1, 0.15) is 25.7 Å². The molecule has 0 bridgehead atoms. The highest BCUT2D eigenvalue weighted by atomic mass is 16.5. The zero-order valence-electron chi connectivity index (χ0n) is 10.7. The van der Waals surface area contributed by atoms with Crippen LogP contribution in [0.25, 0.3) is 11.0 Å². The first kappa shape index (κ1) is 12.6. The molecule has 0 fully saturated rings. The van der Waals surface area contributed by atoms with Crippen molar-refractivity contribution in [3.63, 3.8) is 0 Å². The molecule has 0 saturated heterocycles. The van der Waals surface area contributed by atoms with Crippen LogP contribution in [-0.2, 0) is 9.53 Å². The molecule has 0 radical (unpaired) electrons. The maximum atomic E-state index is 11.7. The Morgan fingerprint density at radius 1 is 1.39 bits per heavy atom. The van der Waals surface area contributed by atoms with Crippen LogP contribution >= 0.6 is 0 Å². The number of carbonyl (C=O) groups excluding carboxylic acids is 1. The summed E-state index contributed by atoms with van der Waals surface area (Å²) in [5.74, 6) is 0.596. The molecule has 5 heteroatoms. The maximum absolute atomic E-state index is 11.7. The van der Waals surface area contributed by atoms with Crippen molar-refractivity contribution in [1.82, 2.24) is 15.3 Å². The van der Waals surface area contributed by atoms with Gasteiger partial charge in [-0.2, -0.15) is 0 Å². The number of benzene rings is 1. The number of hydrogen-bond donors (Lipinski definition) is 2. The number of hydrogen-bond acceptors (Lipinski definition) is 3. The molecule has 1 amide bonds. The fraction of sp³-hybridized carbons (Fsp3) is 0.385. The van der Waals surface area contributed by atoms with Crippen molar-refractivity contribution in [2.24, 2.45) is 0 Å². The summed E-state index contributed by atoms with van der Waals surface area (Å²) in [5, 5.41) is 2.85. The van der Waals surface area contributed by atoms with Gasteiger partial charge in [0.25, 0.3) is 0 Å². The molecule has 1 heterocycles. The summed E-state index contributed by atoms with van der Waals surface area (Å²) in [6, 6.07) is 7.59. The van der Waals surface area contributed by atoms with Crippen LogP contribution in [0, 0.1) is 0 Å². The lowest BCUT2D eigenvalue weighted by Gasteiger charge is -2.14. The molecule has 18 heavy (non-hydrogen) atoms. The Balaban J connectivity index is 2.13. The molecule has 0 spiro atoms. The summed E-state index contributed by atoms with van der Waals surface area (Å²) in [6.45, 7) is 3.60. The summed E-state index contributed by atoms with van der Waals surface area (Å²) in [5.41, 5.74) is 1.86. The fourth-order valence-electron chi connectivity index (χ4n) is 1.68. The van der Waals surface area contributed by atoms with Gasteiger partial charge in [0.1, 0.15) is 11.9 Å². The van der Waals surface area contributed by atoms with E-state index in [9.17, 15) is 4.79 Å². The summed E-state index contributed by atoms with van der Waals surface area (Å²) in [6.07, 6.45) is -0.461. The van der Waals surface area contributed by atoms with Gasteiger partial charge in [0, 0.05) is 7.11 Å². The van der Waals surface area contributed by atoms with Gasteiger partial charge in [-0.1, -0.05) is 12.1 Å². The molecule has 0 aliphatic heterocycles. The van der Waals surface area contributed by atoms with E-state index in [1.807, 2.05) is 31.2 Å². The number of carbonyl (C=O) groups is 1. The molecular formula is C13H17N3O2. The highest BCUT2D eigenvalue weighted by molar-refractivity contribution is 5.81. The van der Waals surface area contributed by atoms with Crippen LogP contribution in [0.15, 0.2) is 24.3 Å².